The summed E-state index contributed by atoms with van der Waals surface area (Å²) in [5.74, 6) is 1.04. The maximum absolute atomic E-state index is 13.1. The lowest BCUT2D eigenvalue weighted by atomic mass is 9.99. The second-order valence-electron chi connectivity index (χ2n) is 31.3. The largest absolute Gasteiger partial charge is 0.472 e. The van der Waals surface area contributed by atoms with Crippen LogP contribution in [0, 0.1) is 23.7 Å². The van der Waals surface area contributed by atoms with Gasteiger partial charge in [0.05, 0.1) is 26.4 Å². The Morgan fingerprint density at radius 2 is 0.471 bits per heavy atom. The van der Waals surface area contributed by atoms with Crippen LogP contribution >= 0.6 is 15.6 Å². The third-order valence-electron chi connectivity index (χ3n) is 20.0. The van der Waals surface area contributed by atoms with Gasteiger partial charge in [-0.25, -0.2) is 9.13 Å². The Morgan fingerprint density at radius 1 is 0.275 bits per heavy atom. The van der Waals surface area contributed by atoms with Crippen LogP contribution in [0.2, 0.25) is 0 Å². The predicted octanol–water partition coefficient (Wildman–Crippen LogP) is 24.8. The van der Waals surface area contributed by atoms with E-state index >= 15 is 0 Å². The van der Waals surface area contributed by atoms with Crippen molar-refractivity contribution in [3.05, 3.63) is 0 Å². The van der Waals surface area contributed by atoms with E-state index in [0.29, 0.717) is 31.6 Å². The Bertz CT molecular complexity index is 1990. The predicted molar refractivity (Wildman–Crippen MR) is 418 cm³/mol. The molecule has 0 radical (unpaired) electrons. The summed E-state index contributed by atoms with van der Waals surface area (Å²) in [7, 11) is -9.92. The zero-order valence-corrected chi connectivity index (χ0v) is 69.0. The van der Waals surface area contributed by atoms with Crippen LogP contribution in [0.1, 0.15) is 428 Å². The van der Waals surface area contributed by atoms with Gasteiger partial charge in [0.15, 0.2) is 12.2 Å². The van der Waals surface area contributed by atoms with Gasteiger partial charge in [-0.3, -0.25) is 37.3 Å². The minimum atomic E-state index is -4.96. The molecule has 0 aromatic heterocycles. The lowest BCUT2D eigenvalue weighted by molar-refractivity contribution is -0.161. The smallest absolute Gasteiger partial charge is 0.462 e. The lowest BCUT2D eigenvalue weighted by Gasteiger charge is -2.21. The summed E-state index contributed by atoms with van der Waals surface area (Å²) in [5, 5.41) is 10.6. The highest BCUT2D eigenvalue weighted by Gasteiger charge is 2.30. The van der Waals surface area contributed by atoms with Crippen molar-refractivity contribution in [1.29, 1.82) is 0 Å². The minimum absolute atomic E-state index is 0.105. The Labute approximate surface area is 626 Å². The van der Waals surface area contributed by atoms with Crippen LogP contribution in [0.25, 0.3) is 0 Å². The molecule has 4 unspecified atom stereocenters. The van der Waals surface area contributed by atoms with Gasteiger partial charge < -0.3 is 33.8 Å². The number of carbonyl (C=O) groups is 4. The van der Waals surface area contributed by atoms with Crippen molar-refractivity contribution in [3.8, 4) is 0 Å². The number of hydrogen-bond acceptors (Lipinski definition) is 15. The van der Waals surface area contributed by atoms with Crippen molar-refractivity contribution < 1.29 is 80.2 Å². The molecule has 0 aliphatic heterocycles. The number of aliphatic hydroxyl groups is 1. The van der Waals surface area contributed by atoms with E-state index < -0.39 is 97.5 Å². The molecule has 0 saturated carbocycles. The third kappa shape index (κ3) is 73.6. The topological polar surface area (TPSA) is 237 Å². The number of carbonyl (C=O) groups excluding carboxylic acids is 4. The SMILES string of the molecule is CCC(C)CCCCCCCCCCCCCCCCCCCCC(=O)O[C@H](COC(=O)CCCCCCCCCCCCCCCCC(C)C)COP(=O)(O)OC[C@@H](O)COP(=O)(O)OC[C@@H](COC(=O)CCCCCCCCC(C)C)OC(=O)CCCCCCCCCCCCC(C)CC. The molecule has 0 aliphatic rings. The van der Waals surface area contributed by atoms with Crippen LogP contribution < -0.4 is 0 Å². The molecule has 0 aromatic rings. The van der Waals surface area contributed by atoms with E-state index in [1.807, 2.05) is 0 Å². The summed E-state index contributed by atoms with van der Waals surface area (Å²) in [6.45, 7) is 14.3. The Morgan fingerprint density at radius 3 is 0.696 bits per heavy atom. The van der Waals surface area contributed by atoms with Gasteiger partial charge in [-0.05, 0) is 49.4 Å². The molecule has 0 aromatic carbocycles. The standard InChI is InChI=1S/C83H162O17P2/c1-9-75(7)61-53-45-36-30-24-20-15-13-11-12-14-16-22-26-33-39-49-57-65-82(87)99-78(69-93-80(85)63-55-47-38-32-25-21-18-17-19-23-29-35-43-51-59-73(3)4)71-97-101(89,90)95-67-77(84)68-96-102(91,92)98-72-79(70-94-81(86)64-56-48-42-41-44-52-60-74(5)6)100-83(88)66-58-50-40-34-28-27-31-37-46-54-62-76(8)10-2/h73-79,84H,9-72H2,1-8H3,(H,89,90)(H,91,92)/t75?,76?,77-,78-,79-/m1/s1. The highest BCUT2D eigenvalue weighted by Crippen LogP contribution is 2.45. The second-order valence-corrected chi connectivity index (χ2v) is 34.2. The molecule has 0 aliphatic carbocycles. The summed E-state index contributed by atoms with van der Waals surface area (Å²) < 4.78 is 68.7. The van der Waals surface area contributed by atoms with E-state index in [4.69, 9.17) is 37.0 Å². The Kier molecular flexibility index (Phi) is 70.6. The first kappa shape index (κ1) is 100. The third-order valence-corrected chi connectivity index (χ3v) is 21.9. The monoisotopic (exact) mass is 1490 g/mol. The van der Waals surface area contributed by atoms with Gasteiger partial charge in [0.25, 0.3) is 0 Å². The first-order valence-electron chi connectivity index (χ1n) is 42.8. The van der Waals surface area contributed by atoms with Gasteiger partial charge >= 0.3 is 39.5 Å². The second kappa shape index (κ2) is 72.0. The summed E-state index contributed by atoms with van der Waals surface area (Å²) in [5.41, 5.74) is 0. The summed E-state index contributed by atoms with van der Waals surface area (Å²) in [6, 6.07) is 0. The average molecular weight is 1490 g/mol. The molecular formula is C83H162O17P2. The van der Waals surface area contributed by atoms with Gasteiger partial charge in [-0.15, -0.1) is 0 Å². The van der Waals surface area contributed by atoms with E-state index in [1.54, 1.807) is 0 Å². The molecule has 102 heavy (non-hydrogen) atoms. The Balaban J connectivity index is 5.21. The zero-order valence-electron chi connectivity index (χ0n) is 67.2. The number of phosphoric acid groups is 2. The molecule has 17 nitrogen and oxygen atoms in total. The molecule has 19 heteroatoms. The van der Waals surface area contributed by atoms with E-state index in [1.165, 1.54) is 225 Å². The van der Waals surface area contributed by atoms with Crippen LogP contribution in [0.5, 0.6) is 0 Å². The van der Waals surface area contributed by atoms with Crippen LogP contribution in [0.3, 0.4) is 0 Å². The highest BCUT2D eigenvalue weighted by molar-refractivity contribution is 7.47. The fraction of sp³-hybridized carbons (Fsp3) is 0.952. The zero-order chi connectivity index (χ0) is 75.3. The maximum Gasteiger partial charge on any atom is 0.472 e. The molecular weight excluding hydrogens is 1330 g/mol. The Hall–Kier alpha value is -1.94. The van der Waals surface area contributed by atoms with Crippen molar-refractivity contribution in [3.63, 3.8) is 0 Å². The number of esters is 4. The number of hydrogen-bond donors (Lipinski definition) is 3. The lowest BCUT2D eigenvalue weighted by Crippen LogP contribution is -2.30. The van der Waals surface area contributed by atoms with Gasteiger partial charge in [-0.1, -0.05) is 376 Å². The normalized spacial score (nSPS) is 14.5. The molecule has 0 fully saturated rings. The summed E-state index contributed by atoms with van der Waals surface area (Å²) in [6.07, 6.45) is 59.8. The van der Waals surface area contributed by atoms with Crippen LogP contribution in [0.15, 0.2) is 0 Å². The van der Waals surface area contributed by atoms with E-state index in [-0.39, 0.29) is 25.7 Å². The van der Waals surface area contributed by atoms with Gasteiger partial charge in [0.1, 0.15) is 19.3 Å². The molecule has 0 heterocycles. The molecule has 7 atom stereocenters. The van der Waals surface area contributed by atoms with Crippen LogP contribution in [-0.4, -0.2) is 96.7 Å². The van der Waals surface area contributed by atoms with Gasteiger partial charge in [0, 0.05) is 25.7 Å². The molecule has 0 amide bonds. The van der Waals surface area contributed by atoms with E-state index in [2.05, 4.69) is 55.4 Å². The van der Waals surface area contributed by atoms with Crippen molar-refractivity contribution in [1.82, 2.24) is 0 Å². The number of aliphatic hydroxyl groups excluding tert-OH is 1. The summed E-state index contributed by atoms with van der Waals surface area (Å²) in [4.78, 5) is 73.0. The first-order valence-corrected chi connectivity index (χ1v) is 45.8. The van der Waals surface area contributed by atoms with Crippen molar-refractivity contribution in [2.75, 3.05) is 39.6 Å². The minimum Gasteiger partial charge on any atom is -0.462 e. The molecule has 3 N–H and O–H groups in total. The molecule has 0 bridgehead atoms. The van der Waals surface area contributed by atoms with Crippen LogP contribution in [0.4, 0.5) is 0 Å². The highest BCUT2D eigenvalue weighted by atomic mass is 31.2. The summed E-state index contributed by atoms with van der Waals surface area (Å²) >= 11 is 0. The number of rotatable bonds is 80. The molecule has 606 valence electrons. The number of phosphoric ester groups is 2. The van der Waals surface area contributed by atoms with E-state index in [9.17, 15) is 43.2 Å². The van der Waals surface area contributed by atoms with Crippen molar-refractivity contribution in [2.24, 2.45) is 23.7 Å². The number of ether oxygens (including phenoxy) is 4. The van der Waals surface area contributed by atoms with Crippen LogP contribution in [-0.2, 0) is 65.4 Å². The molecule has 0 rings (SSSR count). The number of unbranched alkanes of at least 4 members (excludes halogenated alkanes) is 44. The van der Waals surface area contributed by atoms with E-state index in [0.717, 1.165) is 114 Å². The maximum atomic E-state index is 13.1. The molecule has 0 spiro atoms. The average Bonchev–Trinajstić information content (AvgIpc) is 0.914. The fourth-order valence-electron chi connectivity index (χ4n) is 12.7. The van der Waals surface area contributed by atoms with Crippen molar-refractivity contribution in [2.45, 2.75) is 446 Å². The van der Waals surface area contributed by atoms with Gasteiger partial charge in [-0.2, -0.15) is 0 Å². The quantitative estimate of drug-likeness (QED) is 0.0222. The fourth-order valence-corrected chi connectivity index (χ4v) is 14.3. The molecule has 0 saturated heterocycles. The first-order chi connectivity index (χ1) is 49.2. The van der Waals surface area contributed by atoms with Crippen molar-refractivity contribution >= 4 is 39.5 Å². The van der Waals surface area contributed by atoms with Gasteiger partial charge in [0.2, 0.25) is 0 Å².